The molecule has 0 spiro atoms. The second kappa shape index (κ2) is 17.4. The Hall–Kier alpha value is -4.60. The van der Waals surface area contributed by atoms with E-state index < -0.39 is 18.0 Å². The van der Waals surface area contributed by atoms with Gasteiger partial charge < -0.3 is 14.2 Å². The molecule has 0 aliphatic carbocycles. The molecule has 226 valence electrons. The van der Waals surface area contributed by atoms with Gasteiger partial charge in [-0.15, -0.1) is 0 Å². The van der Waals surface area contributed by atoms with E-state index in [1.807, 2.05) is 50.2 Å². The van der Waals surface area contributed by atoms with Crippen molar-refractivity contribution in [1.82, 2.24) is 0 Å². The summed E-state index contributed by atoms with van der Waals surface area (Å²) in [6, 6.07) is 18.3. The molecular formula is C34H38N2O7. The Kier molecular flexibility index (Phi) is 13.3. The zero-order chi connectivity index (χ0) is 31.0. The summed E-state index contributed by atoms with van der Waals surface area (Å²) >= 11 is 0. The monoisotopic (exact) mass is 586 g/mol. The van der Waals surface area contributed by atoms with Crippen LogP contribution in [0.3, 0.4) is 0 Å². The molecule has 0 aromatic heterocycles. The van der Waals surface area contributed by atoms with Crippen molar-refractivity contribution < 1.29 is 33.9 Å². The molecule has 0 radical (unpaired) electrons. The summed E-state index contributed by atoms with van der Waals surface area (Å²) < 4.78 is 15.5. The quantitative estimate of drug-likeness (QED) is 0.0491. The van der Waals surface area contributed by atoms with Crippen LogP contribution in [0.5, 0.6) is 5.75 Å². The SMILES string of the molecule is C=CC(=O)OCCCCCCOc1ccc(C(OO)c2c(C)cc(C=NN=Cc3ccc(C(=O)OC)cc3)cc2C)cc1. The maximum Gasteiger partial charge on any atom is 0.337 e. The van der Waals surface area contributed by atoms with E-state index in [2.05, 4.69) is 16.8 Å². The van der Waals surface area contributed by atoms with Crippen molar-refractivity contribution in [1.29, 1.82) is 0 Å². The fourth-order valence-electron chi connectivity index (χ4n) is 4.52. The van der Waals surface area contributed by atoms with Crippen LogP contribution in [0, 0.1) is 13.8 Å². The zero-order valence-corrected chi connectivity index (χ0v) is 24.8. The van der Waals surface area contributed by atoms with E-state index >= 15 is 0 Å². The highest BCUT2D eigenvalue weighted by molar-refractivity contribution is 5.90. The molecule has 1 unspecified atom stereocenters. The van der Waals surface area contributed by atoms with E-state index in [1.165, 1.54) is 13.2 Å². The number of methoxy groups -OCH3 is 1. The van der Waals surface area contributed by atoms with E-state index in [1.54, 1.807) is 36.7 Å². The Labute approximate surface area is 252 Å². The van der Waals surface area contributed by atoms with Gasteiger partial charge in [0.15, 0.2) is 0 Å². The van der Waals surface area contributed by atoms with Crippen LogP contribution < -0.4 is 4.74 Å². The molecule has 0 aliphatic rings. The van der Waals surface area contributed by atoms with E-state index in [-0.39, 0.29) is 0 Å². The number of rotatable bonds is 16. The largest absolute Gasteiger partial charge is 0.494 e. The molecule has 3 rings (SSSR count). The number of carbonyl (C=O) groups excluding carboxylic acids is 2. The summed E-state index contributed by atoms with van der Waals surface area (Å²) in [5.74, 6) is -0.0459. The van der Waals surface area contributed by atoms with Crippen molar-refractivity contribution in [2.24, 2.45) is 10.2 Å². The van der Waals surface area contributed by atoms with E-state index in [0.29, 0.717) is 18.8 Å². The lowest BCUT2D eigenvalue weighted by Gasteiger charge is -2.20. The third kappa shape index (κ3) is 10.3. The van der Waals surface area contributed by atoms with Crippen molar-refractivity contribution >= 4 is 24.4 Å². The standard InChI is InChI=1S/C34H38N2O7/c1-5-31(37)42-19-9-7-6-8-18-41-30-16-14-28(15-17-30)33(43-39)32-24(2)20-27(21-25(32)3)23-36-35-22-26-10-12-29(13-11-26)34(38)40-4/h5,10-17,20-23,33,39H,1,6-9,18-19H2,2-4H3. The molecule has 0 bridgehead atoms. The minimum atomic E-state index is -0.666. The number of hydrogen-bond donors (Lipinski definition) is 1. The molecule has 3 aromatic carbocycles. The van der Waals surface area contributed by atoms with Gasteiger partial charge in [-0.3, -0.25) is 5.26 Å². The lowest BCUT2D eigenvalue weighted by molar-refractivity contribution is -0.270. The van der Waals surface area contributed by atoms with Crippen molar-refractivity contribution in [2.75, 3.05) is 20.3 Å². The Bertz CT molecular complexity index is 1390. The number of ether oxygens (including phenoxy) is 3. The minimum absolute atomic E-state index is 0.391. The summed E-state index contributed by atoms with van der Waals surface area (Å²) in [7, 11) is 1.34. The number of aryl methyl sites for hydroxylation is 2. The number of nitrogens with zero attached hydrogens (tertiary/aromatic N) is 2. The maximum atomic E-state index is 11.6. The van der Waals surface area contributed by atoms with Crippen LogP contribution in [0.4, 0.5) is 0 Å². The molecule has 43 heavy (non-hydrogen) atoms. The fourth-order valence-corrected chi connectivity index (χ4v) is 4.52. The number of unbranched alkanes of at least 4 members (excludes halogenated alkanes) is 3. The molecule has 0 aliphatic heterocycles. The van der Waals surface area contributed by atoms with Crippen LogP contribution in [-0.2, 0) is 19.2 Å². The first kappa shape index (κ1) is 32.9. The summed E-state index contributed by atoms with van der Waals surface area (Å²) in [5.41, 5.74) is 5.64. The first-order valence-electron chi connectivity index (χ1n) is 14.0. The lowest BCUT2D eigenvalue weighted by atomic mass is 9.92. The van der Waals surface area contributed by atoms with Gasteiger partial charge in [-0.05, 0) is 97.2 Å². The highest BCUT2D eigenvalue weighted by Gasteiger charge is 2.20. The molecule has 0 amide bonds. The van der Waals surface area contributed by atoms with E-state index in [0.717, 1.165) is 64.8 Å². The molecule has 9 heteroatoms. The Morgan fingerprint density at radius 3 is 2.05 bits per heavy atom. The van der Waals surface area contributed by atoms with Gasteiger partial charge in [0.05, 0.1) is 38.3 Å². The number of benzene rings is 3. The van der Waals surface area contributed by atoms with Crippen LogP contribution in [0.25, 0.3) is 0 Å². The average molecular weight is 587 g/mol. The van der Waals surface area contributed by atoms with E-state index in [4.69, 9.17) is 19.1 Å². The van der Waals surface area contributed by atoms with Crippen molar-refractivity contribution in [3.05, 3.63) is 112 Å². The second-order valence-corrected chi connectivity index (χ2v) is 9.86. The van der Waals surface area contributed by atoms with E-state index in [9.17, 15) is 14.8 Å². The zero-order valence-electron chi connectivity index (χ0n) is 24.8. The predicted molar refractivity (Wildman–Crippen MR) is 166 cm³/mol. The number of esters is 2. The van der Waals surface area contributed by atoms with Gasteiger partial charge in [-0.2, -0.15) is 10.2 Å². The predicted octanol–water partition coefficient (Wildman–Crippen LogP) is 6.79. The van der Waals surface area contributed by atoms with Crippen molar-refractivity contribution in [3.8, 4) is 5.75 Å². The first-order valence-corrected chi connectivity index (χ1v) is 14.0. The Morgan fingerprint density at radius 1 is 0.860 bits per heavy atom. The summed E-state index contributed by atoms with van der Waals surface area (Å²) in [6.07, 6.45) is 7.38. The number of hydrogen-bond acceptors (Lipinski definition) is 9. The summed E-state index contributed by atoms with van der Waals surface area (Å²) in [4.78, 5) is 27.5. The molecule has 1 N–H and O–H groups in total. The molecule has 0 heterocycles. The van der Waals surface area contributed by atoms with Gasteiger partial charge >= 0.3 is 11.9 Å². The second-order valence-electron chi connectivity index (χ2n) is 9.86. The molecule has 3 aromatic rings. The van der Waals surface area contributed by atoms with Gasteiger partial charge in [0, 0.05) is 6.08 Å². The fraction of sp³-hybridized carbons (Fsp3) is 0.294. The molecule has 9 nitrogen and oxygen atoms in total. The van der Waals surface area contributed by atoms with Crippen molar-refractivity contribution in [3.63, 3.8) is 0 Å². The molecule has 0 saturated heterocycles. The molecule has 0 fully saturated rings. The van der Waals surface area contributed by atoms with Crippen LogP contribution in [-0.4, -0.2) is 49.9 Å². The lowest BCUT2D eigenvalue weighted by Crippen LogP contribution is -2.09. The molecule has 1 atom stereocenters. The Balaban J connectivity index is 1.54. The van der Waals surface area contributed by atoms with Crippen LogP contribution >= 0.6 is 0 Å². The maximum absolute atomic E-state index is 11.6. The van der Waals surface area contributed by atoms with Crippen LogP contribution in [0.15, 0.2) is 83.5 Å². The third-order valence-corrected chi connectivity index (χ3v) is 6.70. The summed E-state index contributed by atoms with van der Waals surface area (Å²) in [5, 5.41) is 18.1. The van der Waals surface area contributed by atoms with Crippen molar-refractivity contribution in [2.45, 2.75) is 45.6 Å². The first-order chi connectivity index (χ1) is 20.9. The van der Waals surface area contributed by atoms with Gasteiger partial charge in [-0.25, -0.2) is 14.5 Å². The van der Waals surface area contributed by atoms with Crippen LogP contribution in [0.1, 0.15) is 75.5 Å². The summed E-state index contributed by atoms with van der Waals surface area (Å²) in [6.45, 7) is 8.27. The third-order valence-electron chi connectivity index (χ3n) is 6.70. The average Bonchev–Trinajstić information content (AvgIpc) is 3.02. The molecule has 0 saturated carbocycles. The van der Waals surface area contributed by atoms with Gasteiger partial charge in [0.1, 0.15) is 11.9 Å². The van der Waals surface area contributed by atoms with Gasteiger partial charge in [0.25, 0.3) is 0 Å². The smallest absolute Gasteiger partial charge is 0.337 e. The normalized spacial score (nSPS) is 11.9. The minimum Gasteiger partial charge on any atom is -0.494 e. The Morgan fingerprint density at radius 2 is 1.47 bits per heavy atom. The number of carbonyl (C=O) groups is 2. The molecular weight excluding hydrogens is 548 g/mol. The highest BCUT2D eigenvalue weighted by atomic mass is 17.1. The van der Waals surface area contributed by atoms with Gasteiger partial charge in [-0.1, -0.05) is 43.0 Å². The van der Waals surface area contributed by atoms with Gasteiger partial charge in [0.2, 0.25) is 0 Å². The topological polar surface area (TPSA) is 116 Å². The van der Waals surface area contributed by atoms with Crippen LogP contribution in [0.2, 0.25) is 0 Å². The highest BCUT2D eigenvalue weighted by Crippen LogP contribution is 2.32.